The number of nitrogens with two attached hydrogens (primary N) is 1. The molecule has 19 heavy (non-hydrogen) atoms. The van der Waals surface area contributed by atoms with E-state index in [1.165, 1.54) is 0 Å². The molecule has 0 spiro atoms. The minimum Gasteiger partial charge on any atom is -0.391 e. The number of halogens is 1. The molecule has 0 saturated carbocycles. The van der Waals surface area contributed by atoms with Gasteiger partial charge in [-0.05, 0) is 26.3 Å². The van der Waals surface area contributed by atoms with E-state index in [0.29, 0.717) is 18.9 Å². The summed E-state index contributed by atoms with van der Waals surface area (Å²) in [5, 5.41) is 12.9. The minimum absolute atomic E-state index is 0. The summed E-state index contributed by atoms with van der Waals surface area (Å²) in [7, 11) is 0. The summed E-state index contributed by atoms with van der Waals surface area (Å²) in [4.78, 5) is 4.14. The highest BCUT2D eigenvalue weighted by Gasteiger charge is 2.10. The summed E-state index contributed by atoms with van der Waals surface area (Å²) in [6, 6.07) is 9.86. The van der Waals surface area contributed by atoms with Crippen LogP contribution in [0, 0.1) is 0 Å². The highest BCUT2D eigenvalue weighted by atomic mass is 127. The van der Waals surface area contributed by atoms with Gasteiger partial charge in [0, 0.05) is 12.0 Å². The number of aliphatic imine (C=N–C) groups is 1. The first-order valence-corrected chi connectivity index (χ1v) is 6.17. The van der Waals surface area contributed by atoms with Crippen molar-refractivity contribution >= 4 is 29.9 Å². The highest BCUT2D eigenvalue weighted by Crippen LogP contribution is 2.03. The minimum atomic E-state index is -0.507. The van der Waals surface area contributed by atoms with Crippen molar-refractivity contribution < 1.29 is 5.11 Å². The van der Waals surface area contributed by atoms with E-state index in [0.717, 1.165) is 5.56 Å². The Morgan fingerprint density at radius 1 is 1.32 bits per heavy atom. The Morgan fingerprint density at radius 3 is 2.42 bits per heavy atom. The van der Waals surface area contributed by atoms with Crippen LogP contribution in [0.25, 0.3) is 0 Å². The maximum Gasteiger partial charge on any atom is 0.189 e. The lowest BCUT2D eigenvalue weighted by Crippen LogP contribution is -2.45. The third-order valence-corrected chi connectivity index (χ3v) is 2.29. The molecule has 0 aliphatic carbocycles. The van der Waals surface area contributed by atoms with Gasteiger partial charge in [0.25, 0.3) is 0 Å². The zero-order valence-corrected chi connectivity index (χ0v) is 14.1. The zero-order chi connectivity index (χ0) is 13.6. The number of hydrogen-bond acceptors (Lipinski definition) is 2. The van der Waals surface area contributed by atoms with Crippen LogP contribution in [-0.2, 0) is 6.42 Å². The number of nitrogens with one attached hydrogen (secondary N) is 1. The predicted octanol–water partition coefficient (Wildman–Crippen LogP) is 1.91. The molecule has 1 unspecified atom stereocenters. The molecule has 5 heteroatoms. The fourth-order valence-electron chi connectivity index (χ4n) is 1.58. The Kier molecular flexibility index (Phi) is 8.01. The Labute approximate surface area is 132 Å². The second-order valence-electron chi connectivity index (χ2n) is 5.44. The van der Waals surface area contributed by atoms with Crippen molar-refractivity contribution in [2.45, 2.75) is 38.8 Å². The maximum absolute atomic E-state index is 9.86. The van der Waals surface area contributed by atoms with Crippen LogP contribution in [0.5, 0.6) is 0 Å². The molecule has 0 fully saturated rings. The van der Waals surface area contributed by atoms with Crippen molar-refractivity contribution in [2.75, 3.05) is 6.54 Å². The largest absolute Gasteiger partial charge is 0.391 e. The van der Waals surface area contributed by atoms with E-state index in [1.807, 2.05) is 51.1 Å². The lowest BCUT2D eigenvalue weighted by Gasteiger charge is -2.21. The zero-order valence-electron chi connectivity index (χ0n) is 11.8. The van der Waals surface area contributed by atoms with E-state index in [1.54, 1.807) is 0 Å². The van der Waals surface area contributed by atoms with Gasteiger partial charge < -0.3 is 16.2 Å². The Hall–Kier alpha value is -0.820. The molecule has 0 heterocycles. The van der Waals surface area contributed by atoms with Crippen molar-refractivity contribution in [1.82, 2.24) is 5.32 Å². The molecule has 0 aliphatic rings. The number of rotatable bonds is 4. The van der Waals surface area contributed by atoms with Gasteiger partial charge in [0.1, 0.15) is 0 Å². The van der Waals surface area contributed by atoms with Crippen LogP contribution in [0.1, 0.15) is 26.3 Å². The molecule has 4 nitrogen and oxygen atoms in total. The smallest absolute Gasteiger partial charge is 0.189 e. The molecule has 0 saturated heterocycles. The van der Waals surface area contributed by atoms with Crippen molar-refractivity contribution in [3.8, 4) is 0 Å². The number of hydrogen-bond donors (Lipinski definition) is 3. The van der Waals surface area contributed by atoms with Gasteiger partial charge in [-0.25, -0.2) is 0 Å². The van der Waals surface area contributed by atoms with Gasteiger partial charge in [0.15, 0.2) is 5.96 Å². The number of aliphatic hydroxyl groups is 1. The predicted molar refractivity (Wildman–Crippen MR) is 90.9 cm³/mol. The molecular formula is C14H24IN3O. The number of benzene rings is 1. The summed E-state index contributed by atoms with van der Waals surface area (Å²) in [6.07, 6.45) is 0.0837. The topological polar surface area (TPSA) is 70.6 Å². The van der Waals surface area contributed by atoms with Crippen LogP contribution in [0.15, 0.2) is 35.3 Å². The van der Waals surface area contributed by atoms with E-state index in [2.05, 4.69) is 10.3 Å². The first-order chi connectivity index (χ1) is 8.37. The van der Waals surface area contributed by atoms with Crippen LogP contribution < -0.4 is 11.1 Å². The Balaban J connectivity index is 0.00000324. The van der Waals surface area contributed by atoms with Crippen LogP contribution in [-0.4, -0.2) is 29.3 Å². The van der Waals surface area contributed by atoms with Gasteiger partial charge in [-0.3, -0.25) is 4.99 Å². The molecule has 4 N–H and O–H groups in total. The first kappa shape index (κ1) is 18.2. The first-order valence-electron chi connectivity index (χ1n) is 6.17. The van der Waals surface area contributed by atoms with Gasteiger partial charge >= 0.3 is 0 Å². The van der Waals surface area contributed by atoms with Crippen LogP contribution in [0.2, 0.25) is 0 Å². The Morgan fingerprint density at radius 2 is 1.89 bits per heavy atom. The van der Waals surface area contributed by atoms with Gasteiger partial charge in [-0.1, -0.05) is 30.3 Å². The van der Waals surface area contributed by atoms with E-state index in [9.17, 15) is 5.11 Å². The molecule has 0 radical (unpaired) electrons. The third kappa shape index (κ3) is 8.83. The van der Waals surface area contributed by atoms with Crippen molar-refractivity contribution in [2.24, 2.45) is 10.7 Å². The number of aliphatic hydroxyl groups excluding tert-OH is 1. The van der Waals surface area contributed by atoms with Gasteiger partial charge in [-0.15, -0.1) is 24.0 Å². The molecular weight excluding hydrogens is 353 g/mol. The van der Waals surface area contributed by atoms with E-state index in [4.69, 9.17) is 5.73 Å². The van der Waals surface area contributed by atoms with Gasteiger partial charge in [-0.2, -0.15) is 0 Å². The summed E-state index contributed by atoms with van der Waals surface area (Å²) >= 11 is 0. The van der Waals surface area contributed by atoms with Crippen molar-refractivity contribution in [3.05, 3.63) is 35.9 Å². The highest BCUT2D eigenvalue weighted by molar-refractivity contribution is 14.0. The molecule has 1 rings (SSSR count). The fourth-order valence-corrected chi connectivity index (χ4v) is 1.58. The lowest BCUT2D eigenvalue weighted by atomic mass is 10.1. The maximum atomic E-state index is 9.86. The summed E-state index contributed by atoms with van der Waals surface area (Å²) < 4.78 is 0. The third-order valence-electron chi connectivity index (χ3n) is 2.29. The van der Waals surface area contributed by atoms with E-state index >= 15 is 0 Å². The van der Waals surface area contributed by atoms with Crippen molar-refractivity contribution in [3.63, 3.8) is 0 Å². The van der Waals surface area contributed by atoms with E-state index < -0.39 is 6.10 Å². The SMILES string of the molecule is CC(C)(C)NC(N)=NCC(O)Cc1ccccc1.I. The van der Waals surface area contributed by atoms with Crippen molar-refractivity contribution in [1.29, 1.82) is 0 Å². The number of guanidine groups is 1. The van der Waals surface area contributed by atoms with Crippen LogP contribution >= 0.6 is 24.0 Å². The molecule has 0 amide bonds. The average Bonchev–Trinajstić information content (AvgIpc) is 2.25. The standard InChI is InChI=1S/C14H23N3O.HI/c1-14(2,3)17-13(15)16-10-12(18)9-11-7-5-4-6-8-11;/h4-8,12,18H,9-10H2,1-3H3,(H3,15,16,17);1H. The van der Waals surface area contributed by atoms with Gasteiger partial charge in [0.05, 0.1) is 12.6 Å². The molecule has 0 bridgehead atoms. The average molecular weight is 377 g/mol. The fraction of sp³-hybridized carbons (Fsp3) is 0.500. The molecule has 108 valence electrons. The summed E-state index contributed by atoms with van der Waals surface area (Å²) in [6.45, 7) is 6.34. The number of nitrogens with zero attached hydrogens (tertiary/aromatic N) is 1. The summed E-state index contributed by atoms with van der Waals surface area (Å²) in [5.74, 6) is 0.370. The Bertz CT molecular complexity index is 387. The summed E-state index contributed by atoms with van der Waals surface area (Å²) in [5.41, 5.74) is 6.72. The van der Waals surface area contributed by atoms with Gasteiger partial charge in [0.2, 0.25) is 0 Å². The molecule has 1 atom stereocenters. The second kappa shape index (κ2) is 8.37. The quantitative estimate of drug-likeness (QED) is 0.427. The molecule has 0 aliphatic heterocycles. The molecule has 0 aromatic heterocycles. The molecule has 1 aromatic rings. The van der Waals surface area contributed by atoms with Crippen LogP contribution in [0.4, 0.5) is 0 Å². The monoisotopic (exact) mass is 377 g/mol. The second-order valence-corrected chi connectivity index (χ2v) is 5.44. The molecule has 1 aromatic carbocycles. The lowest BCUT2D eigenvalue weighted by molar-refractivity contribution is 0.183. The normalized spacial score (nSPS) is 13.6. The van der Waals surface area contributed by atoms with Crippen LogP contribution in [0.3, 0.4) is 0 Å². The van der Waals surface area contributed by atoms with E-state index in [-0.39, 0.29) is 29.5 Å².